The first-order valence-corrected chi connectivity index (χ1v) is 9.54. The first-order chi connectivity index (χ1) is 13.1. The summed E-state index contributed by atoms with van der Waals surface area (Å²) < 4.78 is 2.61. The van der Waals surface area contributed by atoms with Crippen LogP contribution in [0, 0.1) is 0 Å². The Morgan fingerprint density at radius 1 is 1.00 bits per heavy atom. The van der Waals surface area contributed by atoms with Crippen molar-refractivity contribution < 1.29 is 4.79 Å². The van der Waals surface area contributed by atoms with Gasteiger partial charge in [0.25, 0.3) is 11.5 Å². The second-order valence-corrected chi connectivity index (χ2v) is 7.49. The maximum absolute atomic E-state index is 12.6. The van der Waals surface area contributed by atoms with Gasteiger partial charge < -0.3 is 9.88 Å². The quantitative estimate of drug-likeness (QED) is 0.528. The molecule has 0 unspecified atom stereocenters. The average molecular weight is 395 g/mol. The number of hydrogen-bond acceptors (Lipinski definition) is 3. The molecule has 4 aromatic rings. The molecule has 2 heterocycles. The van der Waals surface area contributed by atoms with Crippen molar-refractivity contribution in [3.8, 4) is 0 Å². The van der Waals surface area contributed by atoms with Crippen molar-refractivity contribution in [1.82, 2.24) is 4.57 Å². The molecule has 4 nitrogen and oxygen atoms in total. The van der Waals surface area contributed by atoms with Gasteiger partial charge in [-0.05, 0) is 29.8 Å². The van der Waals surface area contributed by atoms with Crippen LogP contribution in [0.5, 0.6) is 0 Å². The number of nitrogens with one attached hydrogen (secondary N) is 1. The second kappa shape index (κ2) is 7.39. The fourth-order valence-electron chi connectivity index (χ4n) is 2.83. The Morgan fingerprint density at radius 2 is 1.74 bits per heavy atom. The number of carbonyl (C=O) groups excluding carboxylic acids is 1. The van der Waals surface area contributed by atoms with E-state index in [1.54, 1.807) is 16.8 Å². The van der Waals surface area contributed by atoms with Crippen LogP contribution in [0.4, 0.5) is 5.69 Å². The van der Waals surface area contributed by atoms with Crippen LogP contribution in [-0.2, 0) is 6.54 Å². The third-order valence-corrected chi connectivity index (χ3v) is 5.88. The third-order valence-electron chi connectivity index (χ3n) is 4.20. The number of pyridine rings is 1. The summed E-state index contributed by atoms with van der Waals surface area (Å²) in [5.74, 6) is -0.228. The van der Waals surface area contributed by atoms with Crippen molar-refractivity contribution in [3.05, 3.63) is 98.7 Å². The lowest BCUT2D eigenvalue weighted by Gasteiger charge is -2.08. The number of halogens is 1. The first-order valence-electron chi connectivity index (χ1n) is 8.34. The van der Waals surface area contributed by atoms with Gasteiger partial charge in [-0.2, -0.15) is 0 Å². The number of anilines is 1. The van der Waals surface area contributed by atoms with Crippen LogP contribution in [0.2, 0.25) is 5.02 Å². The number of aromatic nitrogens is 1. The first kappa shape index (κ1) is 17.5. The van der Waals surface area contributed by atoms with Crippen molar-refractivity contribution in [2.24, 2.45) is 0 Å². The van der Waals surface area contributed by atoms with Gasteiger partial charge in [-0.3, -0.25) is 9.59 Å². The predicted octanol–water partition coefficient (Wildman–Crippen LogP) is 5.02. The summed E-state index contributed by atoms with van der Waals surface area (Å²) >= 11 is 7.74. The fraction of sp³-hybridized carbons (Fsp3) is 0.0476. The number of fused-ring (bicyclic) bond motifs is 1. The molecular weight excluding hydrogens is 380 g/mol. The maximum atomic E-state index is 12.6. The lowest BCUT2D eigenvalue weighted by molar-refractivity contribution is 0.103. The van der Waals surface area contributed by atoms with Crippen LogP contribution >= 0.6 is 22.9 Å². The Morgan fingerprint density at radius 3 is 2.48 bits per heavy atom. The van der Waals surface area contributed by atoms with Crippen molar-refractivity contribution in [1.29, 1.82) is 0 Å². The summed E-state index contributed by atoms with van der Waals surface area (Å²) in [5.41, 5.74) is 1.60. The molecule has 4 rings (SSSR count). The SMILES string of the molecule is O=C(Nc1ccc(Cn2ccccc2=O)cc1)c1sc2ccccc2c1Cl. The molecule has 2 aromatic heterocycles. The smallest absolute Gasteiger partial charge is 0.267 e. The standard InChI is InChI=1S/C21H15ClN2O2S/c22-19-16-5-1-2-6-17(16)27-20(19)21(26)23-15-10-8-14(9-11-15)13-24-12-4-3-7-18(24)25/h1-12H,13H2,(H,23,26). The molecule has 134 valence electrons. The summed E-state index contributed by atoms with van der Waals surface area (Å²) in [6, 6.07) is 20.2. The Hall–Kier alpha value is -2.89. The summed E-state index contributed by atoms with van der Waals surface area (Å²) in [5, 5.41) is 4.25. The molecule has 6 heteroatoms. The molecular formula is C21H15ClN2O2S. The van der Waals surface area contributed by atoms with Gasteiger partial charge in [0.15, 0.2) is 0 Å². The molecule has 0 fully saturated rings. The Kier molecular flexibility index (Phi) is 4.79. The summed E-state index contributed by atoms with van der Waals surface area (Å²) in [4.78, 5) is 24.9. The Balaban J connectivity index is 1.51. The van der Waals surface area contributed by atoms with Crippen molar-refractivity contribution in [2.45, 2.75) is 6.54 Å². The van der Waals surface area contributed by atoms with E-state index < -0.39 is 0 Å². The van der Waals surface area contributed by atoms with E-state index in [2.05, 4.69) is 5.32 Å². The highest BCUT2D eigenvalue weighted by Crippen LogP contribution is 2.35. The zero-order valence-electron chi connectivity index (χ0n) is 14.2. The van der Waals surface area contributed by atoms with Crippen LogP contribution in [-0.4, -0.2) is 10.5 Å². The maximum Gasteiger partial charge on any atom is 0.267 e. The normalized spacial score (nSPS) is 10.9. The minimum Gasteiger partial charge on any atom is -0.321 e. The number of hydrogen-bond donors (Lipinski definition) is 1. The minimum atomic E-state index is -0.228. The highest BCUT2D eigenvalue weighted by Gasteiger charge is 2.17. The van der Waals surface area contributed by atoms with E-state index in [0.29, 0.717) is 22.1 Å². The van der Waals surface area contributed by atoms with Gasteiger partial charge in [0.1, 0.15) is 4.88 Å². The van der Waals surface area contributed by atoms with Gasteiger partial charge in [0.05, 0.1) is 11.6 Å². The van der Waals surface area contributed by atoms with Gasteiger partial charge >= 0.3 is 0 Å². The van der Waals surface area contributed by atoms with Crippen LogP contribution < -0.4 is 10.9 Å². The topological polar surface area (TPSA) is 51.1 Å². The highest BCUT2D eigenvalue weighted by molar-refractivity contribution is 7.21. The van der Waals surface area contributed by atoms with E-state index in [0.717, 1.165) is 15.6 Å². The molecule has 0 saturated carbocycles. The molecule has 27 heavy (non-hydrogen) atoms. The molecule has 2 aromatic carbocycles. The fourth-order valence-corrected chi connectivity index (χ4v) is 4.24. The van der Waals surface area contributed by atoms with Gasteiger partial charge in [-0.25, -0.2) is 0 Å². The van der Waals surface area contributed by atoms with Crippen LogP contribution in [0.25, 0.3) is 10.1 Å². The lowest BCUT2D eigenvalue weighted by atomic mass is 10.2. The van der Waals surface area contributed by atoms with Crippen LogP contribution in [0.15, 0.2) is 77.7 Å². The zero-order valence-corrected chi connectivity index (χ0v) is 15.8. The number of thiophene rings is 1. The minimum absolute atomic E-state index is 0.0470. The number of amides is 1. The van der Waals surface area contributed by atoms with E-state index >= 15 is 0 Å². The van der Waals surface area contributed by atoms with E-state index in [-0.39, 0.29) is 11.5 Å². The predicted molar refractivity (Wildman–Crippen MR) is 111 cm³/mol. The molecule has 1 N–H and O–H groups in total. The third kappa shape index (κ3) is 3.65. The van der Waals surface area contributed by atoms with Crippen LogP contribution in [0.1, 0.15) is 15.2 Å². The molecule has 0 atom stereocenters. The van der Waals surface area contributed by atoms with E-state index in [4.69, 9.17) is 11.6 Å². The zero-order chi connectivity index (χ0) is 18.8. The largest absolute Gasteiger partial charge is 0.321 e. The lowest BCUT2D eigenvalue weighted by Crippen LogP contribution is -2.18. The number of nitrogens with zero attached hydrogens (tertiary/aromatic N) is 1. The number of carbonyl (C=O) groups is 1. The molecule has 0 spiro atoms. The summed E-state index contributed by atoms with van der Waals surface area (Å²) in [6.07, 6.45) is 1.75. The van der Waals surface area contributed by atoms with E-state index in [1.165, 1.54) is 17.4 Å². The average Bonchev–Trinajstić information content (AvgIpc) is 3.02. The van der Waals surface area contributed by atoms with Gasteiger partial charge in [-0.15, -0.1) is 11.3 Å². The highest BCUT2D eigenvalue weighted by atomic mass is 35.5. The van der Waals surface area contributed by atoms with Gasteiger partial charge in [0, 0.05) is 28.0 Å². The second-order valence-electron chi connectivity index (χ2n) is 6.06. The molecule has 1 amide bonds. The molecule has 0 aliphatic heterocycles. The molecule has 0 saturated heterocycles. The van der Waals surface area contributed by atoms with Crippen molar-refractivity contribution in [3.63, 3.8) is 0 Å². The number of rotatable bonds is 4. The van der Waals surface area contributed by atoms with E-state index in [9.17, 15) is 9.59 Å². The Bertz CT molecular complexity index is 1180. The molecule has 0 aliphatic rings. The molecule has 0 aliphatic carbocycles. The van der Waals surface area contributed by atoms with Crippen molar-refractivity contribution >= 4 is 44.6 Å². The summed E-state index contributed by atoms with van der Waals surface area (Å²) in [7, 11) is 0. The monoisotopic (exact) mass is 394 g/mol. The van der Waals surface area contributed by atoms with Crippen molar-refractivity contribution in [2.75, 3.05) is 5.32 Å². The van der Waals surface area contributed by atoms with E-state index in [1.807, 2.05) is 54.6 Å². The Labute approximate surface area is 164 Å². The van der Waals surface area contributed by atoms with Gasteiger partial charge in [0.2, 0.25) is 0 Å². The number of benzene rings is 2. The van der Waals surface area contributed by atoms with Gasteiger partial charge in [-0.1, -0.05) is 48.0 Å². The molecule has 0 radical (unpaired) electrons. The van der Waals surface area contributed by atoms with Crippen LogP contribution in [0.3, 0.4) is 0 Å². The summed E-state index contributed by atoms with van der Waals surface area (Å²) in [6.45, 7) is 0.482. The molecule has 0 bridgehead atoms.